The molecule has 2 N–H and O–H groups in total. The Hall–Kier alpha value is -1.10. The fourth-order valence-corrected chi connectivity index (χ4v) is 1.41. The maximum absolute atomic E-state index is 11.5. The van der Waals surface area contributed by atoms with Crippen molar-refractivity contribution in [2.24, 2.45) is 5.92 Å². The van der Waals surface area contributed by atoms with Gasteiger partial charge in [-0.25, -0.2) is 0 Å². The molecule has 1 aliphatic heterocycles. The Balaban J connectivity index is 2.28. The molecule has 1 amide bonds. The van der Waals surface area contributed by atoms with Crippen LogP contribution in [0.25, 0.3) is 0 Å². The molecule has 0 aromatic rings. The lowest BCUT2D eigenvalue weighted by atomic mass is 10.1. The average molecular weight is 201 g/mol. The van der Waals surface area contributed by atoms with Crippen molar-refractivity contribution >= 4 is 11.9 Å². The van der Waals surface area contributed by atoms with E-state index in [0.717, 1.165) is 6.42 Å². The van der Waals surface area contributed by atoms with Gasteiger partial charge in [-0.2, -0.15) is 0 Å². The zero-order chi connectivity index (χ0) is 10.6. The summed E-state index contributed by atoms with van der Waals surface area (Å²) in [6.45, 7) is 2.75. The van der Waals surface area contributed by atoms with Gasteiger partial charge < -0.3 is 15.2 Å². The average Bonchev–Trinajstić information content (AvgIpc) is 2.53. The highest BCUT2D eigenvalue weighted by Gasteiger charge is 2.24. The van der Waals surface area contributed by atoms with E-state index >= 15 is 0 Å². The van der Waals surface area contributed by atoms with Crippen molar-refractivity contribution in [3.63, 3.8) is 0 Å². The van der Waals surface area contributed by atoms with Crippen molar-refractivity contribution in [1.82, 2.24) is 5.32 Å². The molecule has 5 nitrogen and oxygen atoms in total. The Morgan fingerprint density at radius 1 is 1.64 bits per heavy atom. The minimum absolute atomic E-state index is 0.0423. The molecular formula is C9H15NO4. The molecule has 1 rings (SSSR count). The number of carboxylic acids is 1. The van der Waals surface area contributed by atoms with Crippen LogP contribution in [0.5, 0.6) is 0 Å². The predicted octanol–water partition coefficient (Wildman–Crippen LogP) is 0.00230. The maximum atomic E-state index is 11.5. The zero-order valence-corrected chi connectivity index (χ0v) is 8.16. The quantitative estimate of drug-likeness (QED) is 0.671. The van der Waals surface area contributed by atoms with Gasteiger partial charge in [0.1, 0.15) is 0 Å². The van der Waals surface area contributed by atoms with Gasteiger partial charge in [0.05, 0.1) is 18.9 Å². The van der Waals surface area contributed by atoms with Crippen LogP contribution in [0.3, 0.4) is 0 Å². The molecule has 1 aliphatic rings. The molecule has 0 aliphatic carbocycles. The third kappa shape index (κ3) is 3.33. The summed E-state index contributed by atoms with van der Waals surface area (Å²) in [5, 5.41) is 11.1. The number of rotatable bonds is 4. The van der Waals surface area contributed by atoms with E-state index in [1.807, 2.05) is 0 Å². The molecule has 0 radical (unpaired) electrons. The normalized spacial score (nSPS) is 23.1. The fourth-order valence-electron chi connectivity index (χ4n) is 1.41. The lowest BCUT2D eigenvalue weighted by Crippen LogP contribution is -2.38. The van der Waals surface area contributed by atoms with E-state index in [0.29, 0.717) is 13.2 Å². The van der Waals surface area contributed by atoms with Crippen LogP contribution in [0.4, 0.5) is 0 Å². The molecule has 2 atom stereocenters. The summed E-state index contributed by atoms with van der Waals surface area (Å²) < 4.78 is 5.06. The van der Waals surface area contributed by atoms with Crippen molar-refractivity contribution in [3.05, 3.63) is 0 Å². The van der Waals surface area contributed by atoms with Crippen molar-refractivity contribution in [3.8, 4) is 0 Å². The van der Waals surface area contributed by atoms with Crippen LogP contribution >= 0.6 is 0 Å². The van der Waals surface area contributed by atoms with E-state index in [4.69, 9.17) is 9.84 Å². The van der Waals surface area contributed by atoms with E-state index in [-0.39, 0.29) is 24.3 Å². The van der Waals surface area contributed by atoms with E-state index in [2.05, 4.69) is 5.32 Å². The minimum Gasteiger partial charge on any atom is -0.481 e. The highest BCUT2D eigenvalue weighted by atomic mass is 16.5. The number of carbonyl (C=O) groups excluding carboxylic acids is 1. The van der Waals surface area contributed by atoms with E-state index < -0.39 is 5.97 Å². The van der Waals surface area contributed by atoms with Crippen molar-refractivity contribution in [1.29, 1.82) is 0 Å². The maximum Gasteiger partial charge on any atom is 0.305 e. The summed E-state index contributed by atoms with van der Waals surface area (Å²) in [4.78, 5) is 21.8. The van der Waals surface area contributed by atoms with E-state index in [9.17, 15) is 9.59 Å². The summed E-state index contributed by atoms with van der Waals surface area (Å²) in [7, 11) is 0. The van der Waals surface area contributed by atoms with Crippen molar-refractivity contribution in [2.45, 2.75) is 25.8 Å². The molecule has 0 saturated carbocycles. The molecule has 1 fully saturated rings. The first-order chi connectivity index (χ1) is 6.59. The third-order valence-corrected chi connectivity index (χ3v) is 2.17. The molecule has 80 valence electrons. The van der Waals surface area contributed by atoms with Crippen LogP contribution in [0.2, 0.25) is 0 Å². The molecule has 5 heteroatoms. The fraction of sp³-hybridized carbons (Fsp3) is 0.778. The molecular weight excluding hydrogens is 186 g/mol. The Morgan fingerprint density at radius 2 is 2.36 bits per heavy atom. The van der Waals surface area contributed by atoms with Crippen LogP contribution in [0, 0.1) is 5.92 Å². The first-order valence-corrected chi connectivity index (χ1v) is 4.69. The number of aliphatic carboxylic acids is 1. The Kier molecular flexibility index (Phi) is 3.88. The Labute approximate surface area is 82.4 Å². The second-order valence-corrected chi connectivity index (χ2v) is 3.57. The van der Waals surface area contributed by atoms with Crippen molar-refractivity contribution in [2.75, 3.05) is 13.2 Å². The zero-order valence-electron chi connectivity index (χ0n) is 8.16. The third-order valence-electron chi connectivity index (χ3n) is 2.17. The molecule has 0 spiro atoms. The number of amides is 1. The second-order valence-electron chi connectivity index (χ2n) is 3.57. The van der Waals surface area contributed by atoms with Gasteiger partial charge in [-0.1, -0.05) is 0 Å². The predicted molar refractivity (Wildman–Crippen MR) is 48.8 cm³/mol. The van der Waals surface area contributed by atoms with Crippen LogP contribution < -0.4 is 5.32 Å². The van der Waals surface area contributed by atoms with Crippen molar-refractivity contribution < 1.29 is 19.4 Å². The SMILES string of the molecule is CC(CC(=O)O)NC(=O)C1CCOC1. The molecule has 2 unspecified atom stereocenters. The van der Waals surface area contributed by atoms with Crippen LogP contribution in [-0.4, -0.2) is 36.2 Å². The number of carboxylic acid groups (broad SMARTS) is 1. The van der Waals surface area contributed by atoms with E-state index in [1.54, 1.807) is 6.92 Å². The standard InChI is InChI=1S/C9H15NO4/c1-6(4-8(11)12)10-9(13)7-2-3-14-5-7/h6-7H,2-5H2,1H3,(H,10,13)(H,11,12). The lowest BCUT2D eigenvalue weighted by molar-refractivity contribution is -0.137. The van der Waals surface area contributed by atoms with E-state index in [1.165, 1.54) is 0 Å². The van der Waals surface area contributed by atoms with Crippen LogP contribution in [0.1, 0.15) is 19.8 Å². The summed E-state index contributed by atoms with van der Waals surface area (Å²) in [6.07, 6.45) is 0.685. The second kappa shape index (κ2) is 4.95. The Morgan fingerprint density at radius 3 is 2.86 bits per heavy atom. The number of nitrogens with one attached hydrogen (secondary N) is 1. The van der Waals surface area contributed by atoms with Gasteiger partial charge in [0.15, 0.2) is 0 Å². The molecule has 0 aromatic heterocycles. The van der Waals surface area contributed by atoms with Crippen LogP contribution in [-0.2, 0) is 14.3 Å². The van der Waals surface area contributed by atoms with Gasteiger partial charge in [0, 0.05) is 12.6 Å². The van der Waals surface area contributed by atoms with Gasteiger partial charge >= 0.3 is 5.97 Å². The van der Waals surface area contributed by atoms with Gasteiger partial charge in [-0.05, 0) is 13.3 Å². The molecule has 1 saturated heterocycles. The summed E-state index contributed by atoms with van der Waals surface area (Å²) in [5.41, 5.74) is 0. The minimum atomic E-state index is -0.902. The summed E-state index contributed by atoms with van der Waals surface area (Å²) in [6, 6.07) is -0.319. The highest BCUT2D eigenvalue weighted by Crippen LogP contribution is 2.12. The van der Waals surface area contributed by atoms with Gasteiger partial charge in [-0.3, -0.25) is 9.59 Å². The highest BCUT2D eigenvalue weighted by molar-refractivity contribution is 5.80. The molecule has 0 bridgehead atoms. The smallest absolute Gasteiger partial charge is 0.305 e. The molecule has 14 heavy (non-hydrogen) atoms. The largest absolute Gasteiger partial charge is 0.481 e. The number of hydrogen-bond acceptors (Lipinski definition) is 3. The first kappa shape index (κ1) is 11.0. The topological polar surface area (TPSA) is 75.6 Å². The molecule has 1 heterocycles. The summed E-state index contributed by atoms with van der Waals surface area (Å²) in [5.74, 6) is -1.11. The number of hydrogen-bond donors (Lipinski definition) is 2. The van der Waals surface area contributed by atoms with Gasteiger partial charge in [0.2, 0.25) is 5.91 Å². The van der Waals surface area contributed by atoms with Gasteiger partial charge in [0.25, 0.3) is 0 Å². The van der Waals surface area contributed by atoms with Crippen LogP contribution in [0.15, 0.2) is 0 Å². The molecule has 0 aromatic carbocycles. The van der Waals surface area contributed by atoms with Gasteiger partial charge in [-0.15, -0.1) is 0 Å². The monoisotopic (exact) mass is 201 g/mol. The number of carbonyl (C=O) groups is 2. The first-order valence-electron chi connectivity index (χ1n) is 4.69. The number of ether oxygens (including phenoxy) is 1. The lowest BCUT2D eigenvalue weighted by Gasteiger charge is -2.14. The Bertz CT molecular complexity index is 223. The summed E-state index contributed by atoms with van der Waals surface area (Å²) >= 11 is 0.